The van der Waals surface area contributed by atoms with E-state index in [1.54, 1.807) is 6.07 Å². The Morgan fingerprint density at radius 2 is 1.76 bits per heavy atom. The average Bonchev–Trinajstić information content (AvgIpc) is 3.17. The van der Waals surface area contributed by atoms with Crippen LogP contribution >= 0.6 is 0 Å². The van der Waals surface area contributed by atoms with Crippen molar-refractivity contribution >= 4 is 23.3 Å². The van der Waals surface area contributed by atoms with E-state index in [2.05, 4.69) is 10.2 Å². The van der Waals surface area contributed by atoms with Crippen LogP contribution in [0.15, 0.2) is 18.2 Å². The monoisotopic (exact) mass is 348 g/mol. The molecule has 0 aromatic heterocycles. The van der Waals surface area contributed by atoms with Gasteiger partial charge >= 0.3 is 5.97 Å². The second kappa shape index (κ2) is 7.85. The minimum atomic E-state index is -0.402. The quantitative estimate of drug-likeness (QED) is 0.848. The summed E-state index contributed by atoms with van der Waals surface area (Å²) in [5.41, 5.74) is 1.04. The molecule has 0 spiro atoms. The van der Waals surface area contributed by atoms with Crippen molar-refractivity contribution in [2.45, 2.75) is 38.5 Å². The third-order valence-electron chi connectivity index (χ3n) is 5.32. The molecule has 1 aliphatic carbocycles. The number of ether oxygens (including phenoxy) is 1. The summed E-state index contributed by atoms with van der Waals surface area (Å²) >= 11 is 0. The molecule has 1 heterocycles. The molecule has 0 unspecified atom stereocenters. The van der Waals surface area contributed by atoms with Gasteiger partial charge in [0.2, 0.25) is 5.91 Å². The first kappa shape index (κ1) is 17.7. The van der Waals surface area contributed by atoms with Gasteiger partial charge in [-0.25, -0.2) is 4.39 Å². The normalized spacial score (nSPS) is 23.4. The summed E-state index contributed by atoms with van der Waals surface area (Å²) in [7, 11) is 1.39. The van der Waals surface area contributed by atoms with Crippen LogP contribution < -0.4 is 10.2 Å². The fourth-order valence-electron chi connectivity index (χ4n) is 3.84. The number of methoxy groups -OCH3 is 1. The zero-order valence-electron chi connectivity index (χ0n) is 14.6. The summed E-state index contributed by atoms with van der Waals surface area (Å²) in [5, 5.41) is 2.81. The summed E-state index contributed by atoms with van der Waals surface area (Å²) in [5.74, 6) is -1.08. The average molecular weight is 348 g/mol. The van der Waals surface area contributed by atoms with Gasteiger partial charge in [0.25, 0.3) is 0 Å². The molecule has 1 aromatic carbocycles. The molecule has 0 bridgehead atoms. The predicted octanol–water partition coefficient (Wildman–Crippen LogP) is 3.34. The van der Waals surface area contributed by atoms with Crippen LogP contribution in [0.5, 0.6) is 0 Å². The van der Waals surface area contributed by atoms with Crippen LogP contribution in [0.1, 0.15) is 38.5 Å². The van der Waals surface area contributed by atoms with E-state index < -0.39 is 5.82 Å². The lowest BCUT2D eigenvalue weighted by molar-refractivity contribution is -0.147. The maximum Gasteiger partial charge on any atom is 0.308 e. The number of nitrogens with zero attached hydrogens (tertiary/aromatic N) is 1. The Bertz CT molecular complexity index is 636. The first-order valence-corrected chi connectivity index (χ1v) is 9.02. The number of para-hydroxylation sites is 1. The zero-order valence-corrected chi connectivity index (χ0v) is 14.6. The van der Waals surface area contributed by atoms with Crippen molar-refractivity contribution in [3.05, 3.63) is 24.0 Å². The van der Waals surface area contributed by atoms with Gasteiger partial charge in [-0.1, -0.05) is 6.07 Å². The lowest BCUT2D eigenvalue weighted by Gasteiger charge is -2.27. The zero-order chi connectivity index (χ0) is 17.8. The first-order chi connectivity index (χ1) is 12.1. The molecular weight excluding hydrogens is 323 g/mol. The molecule has 1 N–H and O–H groups in total. The van der Waals surface area contributed by atoms with Gasteiger partial charge in [0.05, 0.1) is 18.7 Å². The highest BCUT2D eigenvalue weighted by atomic mass is 19.1. The lowest BCUT2D eigenvalue weighted by atomic mass is 9.81. The number of halogens is 1. The highest BCUT2D eigenvalue weighted by molar-refractivity contribution is 5.96. The van der Waals surface area contributed by atoms with Crippen LogP contribution in [0.25, 0.3) is 0 Å². The van der Waals surface area contributed by atoms with Gasteiger partial charge in [-0.3, -0.25) is 9.59 Å². The van der Waals surface area contributed by atoms with Gasteiger partial charge in [-0.05, 0) is 50.7 Å². The Morgan fingerprint density at radius 1 is 1.12 bits per heavy atom. The number of hydrogen-bond acceptors (Lipinski definition) is 4. The second-order valence-electron chi connectivity index (χ2n) is 6.89. The first-order valence-electron chi connectivity index (χ1n) is 9.02. The Balaban J connectivity index is 1.66. The van der Waals surface area contributed by atoms with E-state index in [-0.39, 0.29) is 29.4 Å². The third-order valence-corrected chi connectivity index (χ3v) is 5.32. The van der Waals surface area contributed by atoms with Gasteiger partial charge < -0.3 is 15.0 Å². The number of amides is 1. The number of anilines is 2. The summed E-state index contributed by atoms with van der Waals surface area (Å²) in [6.07, 6.45) is 4.70. The maximum absolute atomic E-state index is 14.3. The van der Waals surface area contributed by atoms with Crippen molar-refractivity contribution in [2.24, 2.45) is 11.8 Å². The molecule has 3 rings (SSSR count). The van der Waals surface area contributed by atoms with Crippen LogP contribution in [0.2, 0.25) is 0 Å². The molecule has 1 aliphatic heterocycles. The van der Waals surface area contributed by atoms with E-state index in [1.807, 2.05) is 6.07 Å². The van der Waals surface area contributed by atoms with E-state index in [9.17, 15) is 14.0 Å². The van der Waals surface area contributed by atoms with Gasteiger partial charge in [0, 0.05) is 19.0 Å². The summed E-state index contributed by atoms with van der Waals surface area (Å²) in [6.45, 7) is 1.77. The molecule has 1 amide bonds. The Kier molecular flexibility index (Phi) is 5.56. The van der Waals surface area contributed by atoms with Crippen LogP contribution in [0, 0.1) is 17.7 Å². The molecule has 0 radical (unpaired) electrons. The van der Waals surface area contributed by atoms with Crippen molar-refractivity contribution in [2.75, 3.05) is 30.4 Å². The van der Waals surface area contributed by atoms with Crippen molar-refractivity contribution in [1.82, 2.24) is 0 Å². The molecule has 1 aromatic rings. The molecule has 5 nitrogen and oxygen atoms in total. The molecule has 1 saturated carbocycles. The molecule has 0 atom stereocenters. The van der Waals surface area contributed by atoms with Gasteiger partial charge in [-0.2, -0.15) is 0 Å². The minimum absolute atomic E-state index is 0.123. The number of benzene rings is 1. The smallest absolute Gasteiger partial charge is 0.308 e. The van der Waals surface area contributed by atoms with Crippen LogP contribution in [0.4, 0.5) is 15.8 Å². The number of nitrogens with one attached hydrogen (secondary N) is 1. The van der Waals surface area contributed by atoms with Crippen molar-refractivity contribution in [3.8, 4) is 0 Å². The Labute approximate surface area is 147 Å². The van der Waals surface area contributed by atoms with E-state index in [4.69, 9.17) is 4.74 Å². The Hall–Kier alpha value is -2.11. The second-order valence-corrected chi connectivity index (χ2v) is 6.89. The van der Waals surface area contributed by atoms with Crippen LogP contribution in [-0.4, -0.2) is 32.1 Å². The fourth-order valence-corrected chi connectivity index (χ4v) is 3.84. The van der Waals surface area contributed by atoms with E-state index in [0.29, 0.717) is 25.7 Å². The summed E-state index contributed by atoms with van der Waals surface area (Å²) in [4.78, 5) is 26.3. The maximum atomic E-state index is 14.3. The van der Waals surface area contributed by atoms with Gasteiger partial charge in [0.15, 0.2) is 0 Å². The third kappa shape index (κ3) is 3.94. The molecule has 136 valence electrons. The van der Waals surface area contributed by atoms with Crippen molar-refractivity contribution in [3.63, 3.8) is 0 Å². The molecule has 2 fully saturated rings. The molecule has 1 saturated heterocycles. The minimum Gasteiger partial charge on any atom is -0.469 e. The molecule has 2 aliphatic rings. The molecule has 25 heavy (non-hydrogen) atoms. The molecule has 6 heteroatoms. The summed E-state index contributed by atoms with van der Waals surface area (Å²) in [6, 6.07) is 4.92. The van der Waals surface area contributed by atoms with Crippen molar-refractivity contribution in [1.29, 1.82) is 0 Å². The van der Waals surface area contributed by atoms with Crippen molar-refractivity contribution < 1.29 is 18.7 Å². The fraction of sp³-hybridized carbons (Fsp3) is 0.579. The van der Waals surface area contributed by atoms with E-state index in [1.165, 1.54) is 13.2 Å². The molecular formula is C19H25FN2O3. The predicted molar refractivity (Wildman–Crippen MR) is 93.9 cm³/mol. The van der Waals surface area contributed by atoms with Crippen LogP contribution in [0.3, 0.4) is 0 Å². The lowest BCUT2D eigenvalue weighted by Crippen LogP contribution is -2.31. The summed E-state index contributed by atoms with van der Waals surface area (Å²) < 4.78 is 19.1. The Morgan fingerprint density at radius 3 is 2.40 bits per heavy atom. The highest BCUT2D eigenvalue weighted by Crippen LogP contribution is 2.34. The topological polar surface area (TPSA) is 58.6 Å². The highest BCUT2D eigenvalue weighted by Gasteiger charge is 2.31. The standard InChI is InChI=1S/C19H25FN2O3/c1-25-19(24)14-9-7-13(8-10-14)18(23)21-17-15(20)5-4-6-16(17)22-11-2-3-12-22/h4-6,13-14H,2-3,7-12H2,1H3,(H,21,23). The van der Waals surface area contributed by atoms with E-state index >= 15 is 0 Å². The van der Waals surface area contributed by atoms with E-state index in [0.717, 1.165) is 31.6 Å². The number of rotatable bonds is 4. The number of esters is 1. The van der Waals surface area contributed by atoms with Gasteiger partial charge in [-0.15, -0.1) is 0 Å². The number of carbonyl (C=O) groups is 2. The largest absolute Gasteiger partial charge is 0.469 e. The SMILES string of the molecule is COC(=O)C1CCC(C(=O)Nc2c(F)cccc2N2CCCC2)CC1. The number of hydrogen-bond donors (Lipinski definition) is 1. The number of carbonyl (C=O) groups excluding carboxylic acids is 2. The van der Waals surface area contributed by atoms with Gasteiger partial charge in [0.1, 0.15) is 11.5 Å². The van der Waals surface area contributed by atoms with Crippen LogP contribution in [-0.2, 0) is 14.3 Å².